The van der Waals surface area contributed by atoms with Gasteiger partial charge in [0, 0.05) is 19.2 Å². The molecular formula is C21H24FN3O5. The number of ether oxygens (including phenoxy) is 3. The highest BCUT2D eigenvalue weighted by Gasteiger charge is 2.12. The molecule has 0 radical (unpaired) electrons. The number of amides is 2. The molecule has 30 heavy (non-hydrogen) atoms. The Morgan fingerprint density at radius 3 is 2.63 bits per heavy atom. The molecule has 0 saturated heterocycles. The minimum Gasteiger partial charge on any atom is -0.490 e. The maximum absolute atomic E-state index is 13.8. The Morgan fingerprint density at radius 1 is 1.10 bits per heavy atom. The van der Waals surface area contributed by atoms with Gasteiger partial charge in [0.1, 0.15) is 12.4 Å². The molecule has 2 aromatic rings. The summed E-state index contributed by atoms with van der Waals surface area (Å²) in [5, 5.41) is 6.15. The maximum Gasteiger partial charge on any atom is 0.329 e. The minimum atomic E-state index is -0.891. The molecule has 0 spiro atoms. The fraction of sp³-hybridized carbons (Fsp3) is 0.286. The Kier molecular flexibility index (Phi) is 9.26. The number of carbonyl (C=O) groups is 2. The van der Waals surface area contributed by atoms with E-state index in [-0.39, 0.29) is 19.0 Å². The molecule has 2 N–H and O–H groups in total. The van der Waals surface area contributed by atoms with Gasteiger partial charge in [-0.1, -0.05) is 18.2 Å². The van der Waals surface area contributed by atoms with Gasteiger partial charge in [-0.3, -0.25) is 9.59 Å². The molecule has 0 heterocycles. The van der Waals surface area contributed by atoms with E-state index in [1.807, 2.05) is 6.92 Å². The molecule has 0 unspecified atom stereocenters. The van der Waals surface area contributed by atoms with Crippen LogP contribution in [0.4, 0.5) is 4.39 Å². The zero-order chi connectivity index (χ0) is 21.8. The first kappa shape index (κ1) is 22.8. The molecule has 2 amide bonds. The Balaban J connectivity index is 1.98. The van der Waals surface area contributed by atoms with Crippen LogP contribution in [0.3, 0.4) is 0 Å². The van der Waals surface area contributed by atoms with Crippen LogP contribution >= 0.6 is 0 Å². The van der Waals surface area contributed by atoms with E-state index < -0.39 is 11.8 Å². The van der Waals surface area contributed by atoms with Crippen LogP contribution in [0.2, 0.25) is 0 Å². The monoisotopic (exact) mass is 417 g/mol. The number of nitrogens with one attached hydrogen (secondary N) is 2. The number of hydrogen-bond donors (Lipinski definition) is 2. The molecule has 0 atom stereocenters. The van der Waals surface area contributed by atoms with Gasteiger partial charge in [0.2, 0.25) is 0 Å². The van der Waals surface area contributed by atoms with Crippen molar-refractivity contribution in [1.29, 1.82) is 0 Å². The third kappa shape index (κ3) is 7.17. The summed E-state index contributed by atoms with van der Waals surface area (Å²) in [6, 6.07) is 11.4. The quantitative estimate of drug-likeness (QED) is 0.267. The van der Waals surface area contributed by atoms with E-state index in [2.05, 4.69) is 15.8 Å². The van der Waals surface area contributed by atoms with Crippen molar-refractivity contribution >= 4 is 18.0 Å². The van der Waals surface area contributed by atoms with E-state index in [9.17, 15) is 14.0 Å². The number of methoxy groups -OCH3 is 1. The number of rotatable bonds is 10. The Bertz CT molecular complexity index is 889. The van der Waals surface area contributed by atoms with Gasteiger partial charge >= 0.3 is 11.8 Å². The van der Waals surface area contributed by atoms with Crippen LogP contribution in [0.25, 0.3) is 0 Å². The van der Waals surface area contributed by atoms with Crippen molar-refractivity contribution in [2.75, 3.05) is 26.9 Å². The number of carbonyl (C=O) groups excluding carboxylic acids is 2. The lowest BCUT2D eigenvalue weighted by Gasteiger charge is -2.13. The van der Waals surface area contributed by atoms with Gasteiger partial charge in [0.15, 0.2) is 11.5 Å². The summed E-state index contributed by atoms with van der Waals surface area (Å²) in [6.45, 7) is 2.79. The van der Waals surface area contributed by atoms with Crippen molar-refractivity contribution < 1.29 is 28.2 Å². The lowest BCUT2D eigenvalue weighted by molar-refractivity contribution is -0.139. The van der Waals surface area contributed by atoms with Crippen molar-refractivity contribution in [3.8, 4) is 11.5 Å². The Morgan fingerprint density at radius 2 is 1.90 bits per heavy atom. The largest absolute Gasteiger partial charge is 0.490 e. The van der Waals surface area contributed by atoms with Gasteiger partial charge in [0.25, 0.3) is 0 Å². The smallest absolute Gasteiger partial charge is 0.329 e. The van der Waals surface area contributed by atoms with Crippen molar-refractivity contribution in [2.45, 2.75) is 13.5 Å². The predicted molar refractivity (Wildman–Crippen MR) is 109 cm³/mol. The zero-order valence-electron chi connectivity index (χ0n) is 16.8. The van der Waals surface area contributed by atoms with Crippen LogP contribution in [-0.4, -0.2) is 44.9 Å². The molecule has 0 aliphatic carbocycles. The molecule has 8 nitrogen and oxygen atoms in total. The summed E-state index contributed by atoms with van der Waals surface area (Å²) in [5.74, 6) is -1.16. The molecule has 9 heteroatoms. The van der Waals surface area contributed by atoms with Crippen LogP contribution in [0.5, 0.6) is 11.5 Å². The molecule has 0 aliphatic heterocycles. The lowest BCUT2D eigenvalue weighted by atomic mass is 10.2. The van der Waals surface area contributed by atoms with Crippen LogP contribution in [0, 0.1) is 5.82 Å². The van der Waals surface area contributed by atoms with Crippen LogP contribution in [-0.2, 0) is 20.9 Å². The average Bonchev–Trinajstić information content (AvgIpc) is 2.74. The third-order valence-corrected chi connectivity index (χ3v) is 3.79. The van der Waals surface area contributed by atoms with Crippen molar-refractivity contribution in [3.05, 3.63) is 59.4 Å². The third-order valence-electron chi connectivity index (χ3n) is 3.79. The SMILES string of the molecule is CCOc1cc(/C=N\NC(=O)C(=O)NCCOC)ccc1OCc1ccccc1F. The summed E-state index contributed by atoms with van der Waals surface area (Å²) >= 11 is 0. The highest BCUT2D eigenvalue weighted by atomic mass is 19.1. The normalized spacial score (nSPS) is 10.6. The van der Waals surface area contributed by atoms with E-state index in [1.54, 1.807) is 36.4 Å². The van der Waals surface area contributed by atoms with E-state index >= 15 is 0 Å². The fourth-order valence-corrected chi connectivity index (χ4v) is 2.33. The van der Waals surface area contributed by atoms with Crippen LogP contribution < -0.4 is 20.2 Å². The van der Waals surface area contributed by atoms with Crippen molar-refractivity contribution in [3.63, 3.8) is 0 Å². The second-order valence-corrected chi connectivity index (χ2v) is 5.97. The molecule has 0 bridgehead atoms. The molecule has 0 aliphatic rings. The number of nitrogens with zero attached hydrogens (tertiary/aromatic N) is 1. The minimum absolute atomic E-state index is 0.0500. The number of hydrogen-bond acceptors (Lipinski definition) is 6. The number of benzene rings is 2. The van der Waals surface area contributed by atoms with Gasteiger partial charge < -0.3 is 19.5 Å². The topological polar surface area (TPSA) is 98.2 Å². The molecule has 0 fully saturated rings. The Labute approximate surface area is 174 Å². The molecule has 0 saturated carbocycles. The first-order chi connectivity index (χ1) is 14.5. The fourth-order valence-electron chi connectivity index (χ4n) is 2.33. The summed E-state index contributed by atoms with van der Waals surface area (Å²) in [7, 11) is 1.49. The summed E-state index contributed by atoms with van der Waals surface area (Å²) in [6.07, 6.45) is 1.36. The highest BCUT2D eigenvalue weighted by Crippen LogP contribution is 2.29. The Hall–Kier alpha value is -3.46. The summed E-state index contributed by atoms with van der Waals surface area (Å²) in [4.78, 5) is 23.2. The second kappa shape index (κ2) is 12.2. The lowest BCUT2D eigenvalue weighted by Crippen LogP contribution is -2.39. The van der Waals surface area contributed by atoms with E-state index in [1.165, 1.54) is 19.4 Å². The molecular weight excluding hydrogens is 393 g/mol. The second-order valence-electron chi connectivity index (χ2n) is 5.97. The number of halogens is 1. The number of hydrazone groups is 1. The average molecular weight is 417 g/mol. The van der Waals surface area contributed by atoms with E-state index in [4.69, 9.17) is 14.2 Å². The van der Waals surface area contributed by atoms with Gasteiger partial charge in [0.05, 0.1) is 19.4 Å². The van der Waals surface area contributed by atoms with Crippen molar-refractivity contribution in [1.82, 2.24) is 10.7 Å². The van der Waals surface area contributed by atoms with Gasteiger partial charge in [-0.2, -0.15) is 5.10 Å². The first-order valence-electron chi connectivity index (χ1n) is 9.28. The van der Waals surface area contributed by atoms with Gasteiger partial charge in [-0.15, -0.1) is 0 Å². The van der Waals surface area contributed by atoms with Crippen LogP contribution in [0.1, 0.15) is 18.1 Å². The molecule has 0 aromatic heterocycles. The standard InChI is InChI=1S/C21H24FN3O5/c1-3-29-19-12-15(13-24-25-21(27)20(26)23-10-11-28-2)8-9-18(19)30-14-16-6-4-5-7-17(16)22/h4-9,12-13H,3,10-11,14H2,1-2H3,(H,23,26)(H,25,27)/b24-13-. The summed E-state index contributed by atoms with van der Waals surface area (Å²) in [5.41, 5.74) is 3.18. The van der Waals surface area contributed by atoms with Gasteiger partial charge in [-0.25, -0.2) is 9.82 Å². The molecule has 2 rings (SSSR count). The summed E-state index contributed by atoms with van der Waals surface area (Å²) < 4.78 is 29.8. The molecule has 160 valence electrons. The maximum atomic E-state index is 13.8. The van der Waals surface area contributed by atoms with Gasteiger partial charge in [-0.05, 0) is 36.8 Å². The van der Waals surface area contributed by atoms with Crippen LogP contribution in [0.15, 0.2) is 47.6 Å². The van der Waals surface area contributed by atoms with E-state index in [0.29, 0.717) is 35.8 Å². The predicted octanol–water partition coefficient (Wildman–Crippen LogP) is 2.02. The first-order valence-corrected chi connectivity index (χ1v) is 9.28. The highest BCUT2D eigenvalue weighted by molar-refractivity contribution is 6.35. The zero-order valence-corrected chi connectivity index (χ0v) is 16.8. The van der Waals surface area contributed by atoms with Crippen molar-refractivity contribution in [2.24, 2.45) is 5.10 Å². The van der Waals surface area contributed by atoms with E-state index in [0.717, 1.165) is 0 Å². The molecule has 2 aromatic carbocycles.